The fraction of sp³-hybridized carbons (Fsp3) is 0.450. The first-order valence-electron chi connectivity index (χ1n) is 9.62. The molecule has 2 saturated heterocycles. The smallest absolute Gasteiger partial charge is 0.318 e. The number of urea groups is 1. The van der Waals surface area contributed by atoms with E-state index in [4.69, 9.17) is 6.42 Å². The van der Waals surface area contributed by atoms with Crippen molar-refractivity contribution in [3.8, 4) is 12.3 Å². The number of terminal acetylenes is 1. The van der Waals surface area contributed by atoms with E-state index in [-0.39, 0.29) is 30.6 Å². The van der Waals surface area contributed by atoms with Crippen LogP contribution >= 0.6 is 0 Å². The maximum atomic E-state index is 13.1. The molecule has 2 aliphatic rings. The van der Waals surface area contributed by atoms with Crippen molar-refractivity contribution in [2.24, 2.45) is 0 Å². The second-order valence-electron chi connectivity index (χ2n) is 7.40. The molecule has 2 fully saturated rings. The number of hydrogen-bond acceptors (Lipinski definition) is 6. The predicted molar refractivity (Wildman–Crippen MR) is 109 cm³/mol. The highest BCUT2D eigenvalue weighted by atomic mass is 32.2. The number of carbonyl (C=O) groups is 3. The van der Waals surface area contributed by atoms with Crippen molar-refractivity contribution >= 4 is 27.7 Å². The van der Waals surface area contributed by atoms with Gasteiger partial charge in [-0.15, -0.1) is 6.42 Å². The molecule has 30 heavy (non-hydrogen) atoms. The lowest BCUT2D eigenvalue weighted by Crippen LogP contribution is -2.52. The summed E-state index contributed by atoms with van der Waals surface area (Å²) in [4.78, 5) is 39.7. The monoisotopic (exact) mass is 432 g/mol. The number of rotatable bonds is 7. The third-order valence-electron chi connectivity index (χ3n) is 5.49. The lowest BCUT2D eigenvalue weighted by Gasteiger charge is -2.27. The van der Waals surface area contributed by atoms with Gasteiger partial charge in [-0.25, -0.2) is 13.2 Å². The molecular weight excluding hydrogens is 408 g/mol. The minimum Gasteiger partial charge on any atom is -0.318 e. The molecule has 10 heteroatoms. The minimum atomic E-state index is -3.15. The molecule has 1 aromatic rings. The molecule has 160 valence electrons. The van der Waals surface area contributed by atoms with E-state index in [0.717, 1.165) is 0 Å². The highest BCUT2D eigenvalue weighted by molar-refractivity contribution is 7.91. The summed E-state index contributed by atoms with van der Waals surface area (Å²) in [5.41, 5.74) is 1.70. The van der Waals surface area contributed by atoms with E-state index < -0.39 is 33.2 Å². The number of imide groups is 1. The summed E-state index contributed by atoms with van der Waals surface area (Å²) in [5.74, 6) is 1.19. The third kappa shape index (κ3) is 4.17. The fourth-order valence-corrected chi connectivity index (χ4v) is 5.64. The first kappa shape index (κ1) is 21.8. The van der Waals surface area contributed by atoms with E-state index in [9.17, 15) is 22.8 Å². The van der Waals surface area contributed by atoms with Crippen LogP contribution < -0.4 is 10.7 Å². The molecule has 3 rings (SSSR count). The van der Waals surface area contributed by atoms with Gasteiger partial charge in [0.15, 0.2) is 9.84 Å². The average molecular weight is 433 g/mol. The Bertz CT molecular complexity index is 988. The van der Waals surface area contributed by atoms with Gasteiger partial charge < -0.3 is 5.32 Å². The van der Waals surface area contributed by atoms with Crippen molar-refractivity contribution in [2.75, 3.05) is 24.6 Å². The Balaban J connectivity index is 1.72. The Labute approximate surface area is 175 Å². The number of amides is 4. The lowest BCUT2D eigenvalue weighted by molar-refractivity contribution is -0.140. The van der Waals surface area contributed by atoms with E-state index in [1.165, 1.54) is 0 Å². The van der Waals surface area contributed by atoms with Crippen LogP contribution in [0.5, 0.6) is 0 Å². The second kappa shape index (κ2) is 8.45. The van der Waals surface area contributed by atoms with Crippen LogP contribution in [0.15, 0.2) is 30.3 Å². The van der Waals surface area contributed by atoms with Crippen LogP contribution in [0.2, 0.25) is 0 Å². The standard InChI is InChI=1S/C20H24N4O5S/c1-3-11-23(16-10-12-30(28,29)14-16)13-17(25)22-24-18(26)20(4-2,21-19(24)27)15-8-6-5-7-9-15/h1,5-9,16H,4,10-14H2,2H3,(H,21,27)(H,22,25). The van der Waals surface area contributed by atoms with E-state index >= 15 is 0 Å². The maximum Gasteiger partial charge on any atom is 0.344 e. The average Bonchev–Trinajstić information content (AvgIpc) is 3.20. The molecule has 0 aliphatic carbocycles. The minimum absolute atomic E-state index is 0.0451. The molecular formula is C20H24N4O5S. The Hall–Kier alpha value is -2.90. The molecule has 2 heterocycles. The number of hydrogen-bond donors (Lipinski definition) is 2. The van der Waals surface area contributed by atoms with Crippen molar-refractivity contribution in [3.63, 3.8) is 0 Å². The Morgan fingerprint density at radius 1 is 1.37 bits per heavy atom. The highest BCUT2D eigenvalue weighted by Crippen LogP contribution is 2.31. The first-order valence-corrected chi connectivity index (χ1v) is 11.4. The Kier molecular flexibility index (Phi) is 6.14. The third-order valence-corrected chi connectivity index (χ3v) is 7.24. The zero-order valence-corrected chi connectivity index (χ0v) is 17.4. The molecule has 0 saturated carbocycles. The molecule has 0 aromatic heterocycles. The Morgan fingerprint density at radius 2 is 2.07 bits per heavy atom. The summed E-state index contributed by atoms with van der Waals surface area (Å²) >= 11 is 0. The van der Waals surface area contributed by atoms with Crippen molar-refractivity contribution in [1.29, 1.82) is 0 Å². The molecule has 2 atom stereocenters. The molecule has 2 aliphatic heterocycles. The molecule has 0 spiro atoms. The van der Waals surface area contributed by atoms with Crippen LogP contribution in [0.25, 0.3) is 0 Å². The SMILES string of the molecule is C#CCN(CC(=O)NN1C(=O)NC(CC)(c2ccccc2)C1=O)C1CCS(=O)(=O)C1. The number of sulfone groups is 1. The van der Waals surface area contributed by atoms with Crippen LogP contribution in [0.1, 0.15) is 25.3 Å². The molecule has 0 bridgehead atoms. The van der Waals surface area contributed by atoms with Crippen LogP contribution in [0.4, 0.5) is 4.79 Å². The summed E-state index contributed by atoms with van der Waals surface area (Å²) in [5, 5.41) is 3.36. The quantitative estimate of drug-likeness (QED) is 0.463. The summed E-state index contributed by atoms with van der Waals surface area (Å²) in [6, 6.07) is 7.70. The van der Waals surface area contributed by atoms with Crippen molar-refractivity contribution in [3.05, 3.63) is 35.9 Å². The van der Waals surface area contributed by atoms with Crippen LogP contribution in [-0.4, -0.2) is 66.8 Å². The highest BCUT2D eigenvalue weighted by Gasteiger charge is 2.52. The number of carbonyl (C=O) groups excluding carboxylic acids is 3. The van der Waals surface area contributed by atoms with Gasteiger partial charge in [0.1, 0.15) is 5.54 Å². The van der Waals surface area contributed by atoms with Crippen molar-refractivity contribution in [1.82, 2.24) is 20.7 Å². The predicted octanol–water partition coefficient (Wildman–Crippen LogP) is -0.00280. The van der Waals surface area contributed by atoms with E-state index in [2.05, 4.69) is 16.7 Å². The summed E-state index contributed by atoms with van der Waals surface area (Å²) in [7, 11) is -3.15. The van der Waals surface area contributed by atoms with Crippen LogP contribution in [-0.2, 0) is 25.0 Å². The van der Waals surface area contributed by atoms with Gasteiger partial charge in [0.25, 0.3) is 11.8 Å². The summed E-state index contributed by atoms with van der Waals surface area (Å²) in [6.45, 7) is 1.62. The molecule has 9 nitrogen and oxygen atoms in total. The number of nitrogens with zero attached hydrogens (tertiary/aromatic N) is 2. The molecule has 2 unspecified atom stereocenters. The van der Waals surface area contributed by atoms with Gasteiger partial charge >= 0.3 is 6.03 Å². The van der Waals surface area contributed by atoms with Gasteiger partial charge in [-0.2, -0.15) is 5.01 Å². The van der Waals surface area contributed by atoms with Gasteiger partial charge in [0.2, 0.25) is 0 Å². The van der Waals surface area contributed by atoms with E-state index in [1.807, 2.05) is 0 Å². The van der Waals surface area contributed by atoms with Gasteiger partial charge in [0.05, 0.1) is 24.6 Å². The molecule has 1 aromatic carbocycles. The Morgan fingerprint density at radius 3 is 2.63 bits per heavy atom. The van der Waals surface area contributed by atoms with Gasteiger partial charge in [-0.3, -0.25) is 19.9 Å². The summed E-state index contributed by atoms with van der Waals surface area (Å²) in [6.07, 6.45) is 6.05. The van der Waals surface area contributed by atoms with Crippen molar-refractivity contribution in [2.45, 2.75) is 31.3 Å². The van der Waals surface area contributed by atoms with Gasteiger partial charge in [-0.05, 0) is 18.4 Å². The van der Waals surface area contributed by atoms with Crippen LogP contribution in [0.3, 0.4) is 0 Å². The van der Waals surface area contributed by atoms with E-state index in [1.54, 1.807) is 42.2 Å². The molecule has 2 N–H and O–H groups in total. The largest absolute Gasteiger partial charge is 0.344 e. The number of nitrogens with one attached hydrogen (secondary N) is 2. The number of benzene rings is 1. The zero-order valence-electron chi connectivity index (χ0n) is 16.6. The number of hydrazine groups is 1. The summed E-state index contributed by atoms with van der Waals surface area (Å²) < 4.78 is 23.5. The van der Waals surface area contributed by atoms with Crippen LogP contribution in [0, 0.1) is 12.3 Å². The zero-order chi connectivity index (χ0) is 21.9. The molecule has 0 radical (unpaired) electrons. The van der Waals surface area contributed by atoms with E-state index in [0.29, 0.717) is 23.4 Å². The maximum absolute atomic E-state index is 13.1. The normalized spacial score (nSPS) is 25.2. The first-order chi connectivity index (χ1) is 14.2. The lowest BCUT2D eigenvalue weighted by atomic mass is 9.87. The van der Waals surface area contributed by atoms with Crippen molar-refractivity contribution < 1.29 is 22.8 Å². The second-order valence-corrected chi connectivity index (χ2v) is 9.63. The van der Waals surface area contributed by atoms with Gasteiger partial charge in [0, 0.05) is 6.04 Å². The fourth-order valence-electron chi connectivity index (χ4n) is 3.88. The van der Waals surface area contributed by atoms with Gasteiger partial charge in [-0.1, -0.05) is 43.2 Å². The topological polar surface area (TPSA) is 116 Å². The molecule has 4 amide bonds.